The molecule has 10 atom stereocenters. The molecule has 0 amide bonds. The molecule has 7 rings (SSSR count). The van der Waals surface area contributed by atoms with Gasteiger partial charge < -0.3 is 51.6 Å². The number of piperidine rings is 1. The molecule has 0 saturated carbocycles. The first-order chi connectivity index (χ1) is 27.9. The second-order valence-corrected chi connectivity index (χ2v) is 17.5. The molecule has 0 radical (unpaired) electrons. The number of carbonyl (C=O) groups excluding carboxylic acids is 1. The minimum absolute atomic E-state index is 0.0488. The van der Waals surface area contributed by atoms with Crippen LogP contribution in [0.15, 0.2) is 41.4 Å². The van der Waals surface area contributed by atoms with Crippen LogP contribution in [0.2, 0.25) is 0 Å². The second kappa shape index (κ2) is 18.3. The Morgan fingerprint density at radius 1 is 1.12 bits per heavy atom. The van der Waals surface area contributed by atoms with Crippen LogP contribution in [0.4, 0.5) is 0 Å². The van der Waals surface area contributed by atoms with Gasteiger partial charge in [0.15, 0.2) is 17.5 Å². The lowest BCUT2D eigenvalue weighted by Crippen LogP contribution is -2.60. The van der Waals surface area contributed by atoms with Crippen molar-refractivity contribution in [3.8, 4) is 35.2 Å². The van der Waals surface area contributed by atoms with Crippen LogP contribution in [-0.4, -0.2) is 94.5 Å². The summed E-state index contributed by atoms with van der Waals surface area (Å²) >= 11 is 0. The Morgan fingerprint density at radius 3 is 2.78 bits per heavy atom. The monoisotopic (exact) mass is 795 g/mol. The number of phenols is 1. The number of esters is 1. The van der Waals surface area contributed by atoms with Crippen molar-refractivity contribution in [2.45, 2.75) is 127 Å². The molecular weight excluding hydrogens is 735 g/mol. The highest BCUT2D eigenvalue weighted by atomic mass is 16.5. The Kier molecular flexibility index (Phi) is 13.2. The number of aliphatic imine (C=N–C) groups is 1. The zero-order valence-electron chi connectivity index (χ0n) is 33.9. The first kappa shape index (κ1) is 41.8. The molecule has 2 aromatic carbocycles. The van der Waals surface area contributed by atoms with E-state index in [0.717, 1.165) is 24.8 Å². The smallest absolute Gasteiger partial charge is 0.302 e. The Hall–Kier alpha value is -4.30. The van der Waals surface area contributed by atoms with Gasteiger partial charge in [-0.1, -0.05) is 42.0 Å². The summed E-state index contributed by atoms with van der Waals surface area (Å²) in [6, 6.07) is 12.1. The minimum Gasteiger partial charge on any atom is -0.504 e. The first-order valence-electron chi connectivity index (χ1n) is 21.2. The number of aromatic hydroxyl groups is 1. The van der Waals surface area contributed by atoms with E-state index in [0.29, 0.717) is 69.5 Å². The zero-order valence-corrected chi connectivity index (χ0v) is 33.9. The summed E-state index contributed by atoms with van der Waals surface area (Å²) in [5, 5.41) is 56.2. The summed E-state index contributed by atoms with van der Waals surface area (Å²) < 4.78 is 12.8. The van der Waals surface area contributed by atoms with Crippen LogP contribution in [0.5, 0.6) is 11.5 Å². The van der Waals surface area contributed by atoms with E-state index in [9.17, 15) is 25.2 Å². The molecule has 1 fully saturated rings. The molecule has 0 aromatic heterocycles. The number of nitrogens with two attached hydrogens (primary N) is 1. The van der Waals surface area contributed by atoms with E-state index < -0.39 is 47.1 Å². The second-order valence-electron chi connectivity index (χ2n) is 17.5. The summed E-state index contributed by atoms with van der Waals surface area (Å²) in [7, 11) is 0. The Labute approximate surface area is 342 Å². The summed E-state index contributed by atoms with van der Waals surface area (Å²) in [4.78, 5) is 17.6. The fraction of sp³-hybridized carbons (Fsp3) is 0.609. The molecule has 2 aromatic rings. The molecule has 10 bridgehead atoms. The van der Waals surface area contributed by atoms with Crippen LogP contribution in [-0.2, 0) is 35.4 Å². The average Bonchev–Trinajstić information content (AvgIpc) is 3.25. The summed E-state index contributed by atoms with van der Waals surface area (Å²) in [6.45, 7) is 4.85. The number of hydrogen-bond acceptors (Lipinski definition) is 12. The highest BCUT2D eigenvalue weighted by molar-refractivity contribution is 5.77. The van der Waals surface area contributed by atoms with Crippen LogP contribution in [0.1, 0.15) is 87.5 Å². The lowest BCUT2D eigenvalue weighted by Gasteiger charge is -2.44. The van der Waals surface area contributed by atoms with Gasteiger partial charge in [0.05, 0.1) is 30.8 Å². The maximum atomic E-state index is 12.9. The van der Waals surface area contributed by atoms with Gasteiger partial charge in [0, 0.05) is 68.6 Å². The molecule has 4 heterocycles. The van der Waals surface area contributed by atoms with E-state index in [1.807, 2.05) is 6.07 Å². The lowest BCUT2D eigenvalue weighted by molar-refractivity contribution is -0.152. The third-order valence-electron chi connectivity index (χ3n) is 13.1. The van der Waals surface area contributed by atoms with Crippen LogP contribution < -0.4 is 26.4 Å². The van der Waals surface area contributed by atoms with Gasteiger partial charge in [-0.3, -0.25) is 9.79 Å². The third-order valence-corrected chi connectivity index (χ3v) is 13.1. The average molecular weight is 796 g/mol. The molecule has 9 N–H and O–H groups in total. The molecule has 1 saturated heterocycles. The van der Waals surface area contributed by atoms with Crippen molar-refractivity contribution in [3.63, 3.8) is 0 Å². The summed E-state index contributed by atoms with van der Waals surface area (Å²) in [5.41, 5.74) is 8.68. The van der Waals surface area contributed by atoms with Gasteiger partial charge in [0.1, 0.15) is 12.2 Å². The number of nitrogens with one attached hydrogen (secondary N) is 3. The molecule has 58 heavy (non-hydrogen) atoms. The highest BCUT2D eigenvalue weighted by Crippen LogP contribution is 2.42. The molecule has 312 valence electrons. The van der Waals surface area contributed by atoms with Crippen LogP contribution in [0.3, 0.4) is 0 Å². The number of phenolic OH excluding ortho intramolecular Hbond substituents is 1. The summed E-state index contributed by atoms with van der Waals surface area (Å²) in [5.74, 6) is 13.5. The fourth-order valence-corrected chi connectivity index (χ4v) is 9.83. The molecule has 12 heteroatoms. The van der Waals surface area contributed by atoms with Gasteiger partial charge in [-0.25, -0.2) is 0 Å². The minimum atomic E-state index is -1.04. The van der Waals surface area contributed by atoms with E-state index >= 15 is 0 Å². The number of rotatable bonds is 3. The maximum Gasteiger partial charge on any atom is 0.302 e. The topological polar surface area (TPSA) is 191 Å². The molecule has 4 aliphatic heterocycles. The van der Waals surface area contributed by atoms with Crippen LogP contribution in [0, 0.1) is 46.9 Å². The van der Waals surface area contributed by atoms with E-state index in [-0.39, 0.29) is 55.8 Å². The van der Waals surface area contributed by atoms with E-state index in [1.54, 1.807) is 13.0 Å². The number of guanidine groups is 1. The zero-order chi connectivity index (χ0) is 40.9. The lowest BCUT2D eigenvalue weighted by atomic mass is 9.70. The van der Waals surface area contributed by atoms with E-state index in [4.69, 9.17) is 20.2 Å². The molecule has 12 nitrogen and oxygen atoms in total. The molecule has 5 aliphatic rings. The number of aliphatic hydroxyl groups excluding tert-OH is 3. The number of carbonyl (C=O) groups is 1. The Bertz CT molecular complexity index is 1950. The van der Waals surface area contributed by atoms with Crippen molar-refractivity contribution in [2.24, 2.45) is 33.9 Å². The van der Waals surface area contributed by atoms with E-state index in [1.165, 1.54) is 18.1 Å². The molecule has 1 aliphatic carbocycles. The van der Waals surface area contributed by atoms with Gasteiger partial charge >= 0.3 is 5.97 Å². The molecule has 0 unspecified atom stereocenters. The summed E-state index contributed by atoms with van der Waals surface area (Å²) in [6.07, 6.45) is 3.19. The van der Waals surface area contributed by atoms with Gasteiger partial charge in [-0.2, -0.15) is 0 Å². The Balaban J connectivity index is 1.44. The number of fused-ring (bicyclic) bond motifs is 8. The SMILES string of the molecule is CC(=O)O[C@H]1C[C@@H](O)CC[C@]2([C@H](C)O)C#C[C@@H]3C[C@H]4C#CC[C@@H](Cc5cccc(c5)CCNC(N)=NC2)NC[C@@]2(C4)C[C@@H](CCN2)Oc2cc(c(CO)cc2O)C[C@H]31. The normalized spacial score (nSPS) is 33.3. The Morgan fingerprint density at radius 2 is 1.97 bits per heavy atom. The fourth-order valence-electron chi connectivity index (χ4n) is 9.83. The van der Waals surface area contributed by atoms with Crippen molar-refractivity contribution in [1.29, 1.82) is 0 Å². The first-order valence-corrected chi connectivity index (χ1v) is 21.2. The quantitative estimate of drug-likeness (QED) is 0.169. The number of benzene rings is 2. The number of nitrogens with zero attached hydrogens (tertiary/aromatic N) is 1. The van der Waals surface area contributed by atoms with Crippen LogP contribution >= 0.6 is 0 Å². The van der Waals surface area contributed by atoms with Crippen molar-refractivity contribution >= 4 is 11.9 Å². The van der Waals surface area contributed by atoms with Gasteiger partial charge in [-0.05, 0) is 99.2 Å². The number of hydrogen-bond donors (Lipinski definition) is 8. The number of ether oxygens (including phenoxy) is 2. The largest absolute Gasteiger partial charge is 0.504 e. The molecular formula is C46H61N5O7. The molecule has 1 spiro atoms. The van der Waals surface area contributed by atoms with Crippen molar-refractivity contribution in [1.82, 2.24) is 16.0 Å². The van der Waals surface area contributed by atoms with Gasteiger partial charge in [0.2, 0.25) is 0 Å². The van der Waals surface area contributed by atoms with Crippen molar-refractivity contribution in [3.05, 3.63) is 58.7 Å². The van der Waals surface area contributed by atoms with Gasteiger partial charge in [0.25, 0.3) is 0 Å². The predicted molar refractivity (Wildman–Crippen MR) is 222 cm³/mol. The number of aliphatic hydroxyl groups is 3. The van der Waals surface area contributed by atoms with Gasteiger partial charge in [-0.15, -0.1) is 5.92 Å². The van der Waals surface area contributed by atoms with Crippen molar-refractivity contribution < 1.29 is 34.7 Å². The third kappa shape index (κ3) is 10.1. The highest BCUT2D eigenvalue weighted by Gasteiger charge is 2.43. The maximum absolute atomic E-state index is 12.9. The van der Waals surface area contributed by atoms with Crippen molar-refractivity contribution in [2.75, 3.05) is 26.2 Å². The predicted octanol–water partition coefficient (Wildman–Crippen LogP) is 2.85. The van der Waals surface area contributed by atoms with Crippen LogP contribution in [0.25, 0.3) is 0 Å². The standard InChI is InChI=1S/C46H61N5O7/c1-29(53)45-13-9-34-18-33-7-4-8-37(19-32-6-3-5-31(17-32)11-15-48-44(47)50-27-45)49-28-46(24-33)25-39(12-16-51-46)58-43-22-35(36(26-52)21-41(43)56)20-40(34)42(57-30(2)54)23-38(55)10-14-45/h3,5-6,17,21-22,29,33-34,37-40,42,49,51-53,55-56H,8,10-12,14-16,18-20,23-28H2,1-2H3,(H3,47,48,50)/t29-,33+,34+,37-,38-,39+,40+,42-,45+,46+/m0/s1. The van der Waals surface area contributed by atoms with E-state index in [2.05, 4.69) is 63.9 Å².